The first-order valence-electron chi connectivity index (χ1n) is 9.08. The molecule has 0 saturated carbocycles. The summed E-state index contributed by atoms with van der Waals surface area (Å²) in [4.78, 5) is 47.0. The summed E-state index contributed by atoms with van der Waals surface area (Å²) in [7, 11) is 2.14. The zero-order valence-corrected chi connectivity index (χ0v) is 14.8. The van der Waals surface area contributed by atoms with E-state index in [1.165, 1.54) is 6.20 Å². The van der Waals surface area contributed by atoms with E-state index in [1.54, 1.807) is 0 Å². The lowest BCUT2D eigenvalue weighted by atomic mass is 9.98. The third kappa shape index (κ3) is 4.38. The van der Waals surface area contributed by atoms with Crippen LogP contribution in [0.2, 0.25) is 0 Å². The molecule has 0 radical (unpaired) electrons. The lowest BCUT2D eigenvalue weighted by molar-refractivity contribution is 0.0567. The topological polar surface area (TPSA) is 92.5 Å². The second kappa shape index (κ2) is 7.97. The molecule has 8 nitrogen and oxygen atoms in total. The Labute approximate surface area is 146 Å². The number of H-pyrrole nitrogens is 2. The van der Waals surface area contributed by atoms with Gasteiger partial charge in [0.1, 0.15) is 5.56 Å². The van der Waals surface area contributed by atoms with Crippen LogP contribution in [0.15, 0.2) is 15.8 Å². The van der Waals surface area contributed by atoms with E-state index in [4.69, 9.17) is 0 Å². The van der Waals surface area contributed by atoms with Crippen LogP contribution in [0.25, 0.3) is 0 Å². The van der Waals surface area contributed by atoms with Crippen molar-refractivity contribution in [3.63, 3.8) is 0 Å². The van der Waals surface area contributed by atoms with Crippen molar-refractivity contribution >= 4 is 5.91 Å². The SMILES string of the molecule is CN1CCN(CC[C@@H]2CCCCN2C(=O)c2c[nH]c(=O)[nH]c2=O)CC1. The van der Waals surface area contributed by atoms with Crippen molar-refractivity contribution in [3.8, 4) is 0 Å². The molecule has 0 unspecified atom stereocenters. The fourth-order valence-corrected chi connectivity index (χ4v) is 3.69. The predicted octanol–water partition coefficient (Wildman–Crippen LogP) is -0.305. The van der Waals surface area contributed by atoms with Gasteiger partial charge in [0.2, 0.25) is 0 Å². The van der Waals surface area contributed by atoms with Crippen molar-refractivity contribution in [1.82, 2.24) is 24.7 Å². The molecule has 1 atom stereocenters. The first-order valence-corrected chi connectivity index (χ1v) is 9.08. The Morgan fingerprint density at radius 3 is 2.64 bits per heavy atom. The molecular formula is C17H27N5O3. The summed E-state index contributed by atoms with van der Waals surface area (Å²) in [6.07, 6.45) is 5.20. The molecule has 8 heteroatoms. The number of piperazine rings is 1. The zero-order valence-electron chi connectivity index (χ0n) is 14.8. The van der Waals surface area contributed by atoms with Crippen LogP contribution < -0.4 is 11.2 Å². The van der Waals surface area contributed by atoms with E-state index in [0.29, 0.717) is 6.54 Å². The average Bonchev–Trinajstić information content (AvgIpc) is 2.61. The second-order valence-corrected chi connectivity index (χ2v) is 7.07. The fourth-order valence-electron chi connectivity index (χ4n) is 3.69. The number of carbonyl (C=O) groups excluding carboxylic acids is 1. The number of hydrogen-bond acceptors (Lipinski definition) is 5. The maximum absolute atomic E-state index is 12.8. The van der Waals surface area contributed by atoms with Gasteiger partial charge in [0.05, 0.1) is 0 Å². The number of piperidine rings is 1. The Bertz CT molecular complexity index is 705. The smallest absolute Gasteiger partial charge is 0.325 e. The number of aromatic nitrogens is 2. The molecule has 3 heterocycles. The van der Waals surface area contributed by atoms with Crippen LogP contribution in [0.5, 0.6) is 0 Å². The van der Waals surface area contributed by atoms with E-state index in [-0.39, 0.29) is 17.5 Å². The third-order valence-electron chi connectivity index (χ3n) is 5.31. The number of rotatable bonds is 4. The van der Waals surface area contributed by atoms with Crippen LogP contribution in [0, 0.1) is 0 Å². The molecule has 0 bridgehead atoms. The van der Waals surface area contributed by atoms with E-state index < -0.39 is 11.2 Å². The quantitative estimate of drug-likeness (QED) is 0.778. The van der Waals surface area contributed by atoms with E-state index in [0.717, 1.165) is 58.4 Å². The summed E-state index contributed by atoms with van der Waals surface area (Å²) < 4.78 is 0. The van der Waals surface area contributed by atoms with Gasteiger partial charge in [-0.2, -0.15) is 0 Å². The van der Waals surface area contributed by atoms with Crippen LogP contribution >= 0.6 is 0 Å². The van der Waals surface area contributed by atoms with Crippen molar-refractivity contribution < 1.29 is 4.79 Å². The second-order valence-electron chi connectivity index (χ2n) is 7.07. The molecule has 1 amide bonds. The van der Waals surface area contributed by atoms with Gasteiger partial charge in [-0.05, 0) is 32.7 Å². The van der Waals surface area contributed by atoms with Gasteiger partial charge in [0.25, 0.3) is 11.5 Å². The van der Waals surface area contributed by atoms with Crippen molar-refractivity contribution in [3.05, 3.63) is 32.6 Å². The average molecular weight is 349 g/mol. The van der Waals surface area contributed by atoms with Crippen LogP contribution in [-0.4, -0.2) is 82.9 Å². The van der Waals surface area contributed by atoms with Crippen molar-refractivity contribution in [2.45, 2.75) is 31.7 Å². The van der Waals surface area contributed by atoms with Gasteiger partial charge in [-0.25, -0.2) is 4.79 Å². The zero-order chi connectivity index (χ0) is 17.8. The van der Waals surface area contributed by atoms with Crippen molar-refractivity contribution in [2.75, 3.05) is 46.3 Å². The number of carbonyl (C=O) groups is 1. The Balaban J connectivity index is 1.65. The summed E-state index contributed by atoms with van der Waals surface area (Å²) in [6, 6.07) is 0.159. The summed E-state index contributed by atoms with van der Waals surface area (Å²) >= 11 is 0. The number of nitrogens with zero attached hydrogens (tertiary/aromatic N) is 3. The first kappa shape index (κ1) is 17.9. The fraction of sp³-hybridized carbons (Fsp3) is 0.706. The minimum atomic E-state index is -0.614. The largest absolute Gasteiger partial charge is 0.335 e. The first-order chi connectivity index (χ1) is 12.0. The summed E-state index contributed by atoms with van der Waals surface area (Å²) in [5.41, 5.74) is -1.19. The highest BCUT2D eigenvalue weighted by Gasteiger charge is 2.29. The Hall–Kier alpha value is -1.93. The summed E-state index contributed by atoms with van der Waals surface area (Å²) in [5, 5.41) is 0. The van der Waals surface area contributed by atoms with Gasteiger partial charge in [-0.1, -0.05) is 0 Å². The molecule has 25 heavy (non-hydrogen) atoms. The van der Waals surface area contributed by atoms with Crippen LogP contribution in [0.1, 0.15) is 36.0 Å². The molecule has 1 aromatic rings. The van der Waals surface area contributed by atoms with Crippen molar-refractivity contribution in [1.29, 1.82) is 0 Å². The van der Waals surface area contributed by atoms with Crippen LogP contribution in [0.4, 0.5) is 0 Å². The van der Waals surface area contributed by atoms with Gasteiger partial charge in [0, 0.05) is 51.5 Å². The molecule has 0 aliphatic carbocycles. The number of aromatic amines is 2. The van der Waals surface area contributed by atoms with E-state index in [2.05, 4.69) is 26.8 Å². The molecule has 138 valence electrons. The van der Waals surface area contributed by atoms with Crippen LogP contribution in [0.3, 0.4) is 0 Å². The molecule has 3 rings (SSSR count). The standard InChI is InChI=1S/C17H27N5O3/c1-20-8-10-21(11-9-20)7-5-13-4-2-3-6-22(13)16(24)14-12-18-17(25)19-15(14)23/h12-13H,2-11H2,1H3,(H2,18,19,23,25)/t13-/m0/s1. The highest BCUT2D eigenvalue weighted by atomic mass is 16.2. The molecule has 2 aliphatic heterocycles. The highest BCUT2D eigenvalue weighted by Crippen LogP contribution is 2.21. The number of nitrogens with one attached hydrogen (secondary N) is 2. The number of likely N-dealkylation sites (N-methyl/N-ethyl adjacent to an activating group) is 1. The molecule has 1 aromatic heterocycles. The van der Waals surface area contributed by atoms with Crippen LogP contribution in [-0.2, 0) is 0 Å². The normalized spacial score (nSPS) is 22.9. The third-order valence-corrected chi connectivity index (χ3v) is 5.31. The van der Waals surface area contributed by atoms with Gasteiger partial charge in [-0.3, -0.25) is 14.6 Å². The van der Waals surface area contributed by atoms with Gasteiger partial charge in [0.15, 0.2) is 0 Å². The molecule has 2 aliphatic rings. The van der Waals surface area contributed by atoms with Gasteiger partial charge < -0.3 is 19.7 Å². The minimum Gasteiger partial charge on any atom is -0.335 e. The molecule has 2 N–H and O–H groups in total. The van der Waals surface area contributed by atoms with E-state index in [1.807, 2.05) is 4.90 Å². The van der Waals surface area contributed by atoms with E-state index in [9.17, 15) is 14.4 Å². The van der Waals surface area contributed by atoms with Gasteiger partial charge >= 0.3 is 5.69 Å². The molecule has 0 aromatic carbocycles. The van der Waals surface area contributed by atoms with Crippen molar-refractivity contribution in [2.24, 2.45) is 0 Å². The maximum atomic E-state index is 12.8. The summed E-state index contributed by atoms with van der Waals surface area (Å²) in [6.45, 7) is 5.95. The highest BCUT2D eigenvalue weighted by molar-refractivity contribution is 5.93. The number of amides is 1. The molecule has 2 saturated heterocycles. The van der Waals surface area contributed by atoms with Gasteiger partial charge in [-0.15, -0.1) is 0 Å². The molecule has 2 fully saturated rings. The number of likely N-dealkylation sites (tertiary alicyclic amines) is 1. The maximum Gasteiger partial charge on any atom is 0.325 e. The van der Waals surface area contributed by atoms with E-state index >= 15 is 0 Å². The Kier molecular flexibility index (Phi) is 5.70. The molecule has 0 spiro atoms. The monoisotopic (exact) mass is 349 g/mol. The minimum absolute atomic E-state index is 0.0195. The lowest BCUT2D eigenvalue weighted by Gasteiger charge is -2.38. The summed E-state index contributed by atoms with van der Waals surface area (Å²) in [5.74, 6) is -0.277. The lowest BCUT2D eigenvalue weighted by Crippen LogP contribution is -2.49. The predicted molar refractivity (Wildman–Crippen MR) is 94.9 cm³/mol. The molecular weight excluding hydrogens is 322 g/mol. The Morgan fingerprint density at radius 1 is 1.16 bits per heavy atom. The Morgan fingerprint density at radius 2 is 1.92 bits per heavy atom. The number of hydrogen-bond donors (Lipinski definition) is 2.